The molecule has 0 unspecified atom stereocenters. The van der Waals surface area contributed by atoms with Gasteiger partial charge in [0.15, 0.2) is 34.9 Å². The van der Waals surface area contributed by atoms with Crippen molar-refractivity contribution in [3.05, 3.63) is 309 Å². The normalized spacial score (nSPS) is 11.3. The number of halogens is 1. The summed E-state index contributed by atoms with van der Waals surface area (Å²) in [5, 5.41) is 8.04. The van der Waals surface area contributed by atoms with Crippen LogP contribution in [0.1, 0.15) is 0 Å². The van der Waals surface area contributed by atoms with Crippen LogP contribution in [0.25, 0.3) is 151 Å². The Bertz CT molecular complexity index is 5590. The molecule has 0 amide bonds. The SMILES string of the molecule is Clc1cccc(-c2nc(-c3ccccn3)nc(-c3ccccn3)n2)c1.c1ccc(-n2ccc3c2ccc2c4ccccc4n(-c4cccc(-c5nc(-c6ccccn6)nc(-c6ccccn6)n5)c4)c23)cc1.c1ccc(-n2ccc3c4[nH]c5ccccc5c4ccc32)cc1. The van der Waals surface area contributed by atoms with Crippen LogP contribution in [0.2, 0.25) is 5.02 Å². The molecule has 10 aromatic heterocycles. The number of benzene rings is 8. The predicted molar refractivity (Wildman–Crippen MR) is 372 cm³/mol. The van der Waals surface area contributed by atoms with Crippen LogP contribution in [0.3, 0.4) is 0 Å². The zero-order valence-electron chi connectivity index (χ0n) is 49.6. The third-order valence-electron chi connectivity index (χ3n) is 16.2. The number of hydrogen-bond donors (Lipinski definition) is 1. The molecule has 8 aromatic carbocycles. The molecule has 15 heteroatoms. The molecule has 93 heavy (non-hydrogen) atoms. The average molecular weight is 1220 g/mol. The van der Waals surface area contributed by atoms with E-state index in [0.29, 0.717) is 62.7 Å². The van der Waals surface area contributed by atoms with Gasteiger partial charge in [0.1, 0.15) is 22.8 Å². The van der Waals surface area contributed by atoms with Gasteiger partial charge in [-0.25, -0.2) is 29.9 Å². The van der Waals surface area contributed by atoms with Crippen LogP contribution >= 0.6 is 11.6 Å². The first kappa shape index (κ1) is 55.6. The molecule has 0 aliphatic carbocycles. The van der Waals surface area contributed by atoms with E-state index in [2.05, 4.69) is 218 Å². The molecule has 0 saturated carbocycles. The van der Waals surface area contributed by atoms with Gasteiger partial charge in [0.25, 0.3) is 0 Å². The lowest BCUT2D eigenvalue weighted by molar-refractivity contribution is 1.04. The molecule has 0 fully saturated rings. The predicted octanol–water partition coefficient (Wildman–Crippen LogP) is 18.3. The van der Waals surface area contributed by atoms with Gasteiger partial charge in [0, 0.05) is 108 Å². The highest BCUT2D eigenvalue weighted by molar-refractivity contribution is 6.30. The number of rotatable bonds is 9. The first-order valence-electron chi connectivity index (χ1n) is 30.2. The Morgan fingerprint density at radius 2 is 0.731 bits per heavy atom. The molecular weight excluding hydrogens is 1170 g/mol. The number of H-pyrrole nitrogens is 1. The first-order chi connectivity index (χ1) is 46.0. The summed E-state index contributed by atoms with van der Waals surface area (Å²) in [6, 6.07) is 89.7. The highest BCUT2D eigenvalue weighted by Gasteiger charge is 2.20. The number of aromatic nitrogens is 14. The lowest BCUT2D eigenvalue weighted by Crippen LogP contribution is -2.02. The Labute approximate surface area is 537 Å². The van der Waals surface area contributed by atoms with Gasteiger partial charge in [-0.2, -0.15) is 0 Å². The van der Waals surface area contributed by atoms with Crippen LogP contribution in [0.4, 0.5) is 0 Å². The number of para-hydroxylation sites is 4. The van der Waals surface area contributed by atoms with E-state index in [1.165, 1.54) is 54.6 Å². The summed E-state index contributed by atoms with van der Waals surface area (Å²) in [6.45, 7) is 0. The summed E-state index contributed by atoms with van der Waals surface area (Å²) in [5.74, 6) is 3.06. The monoisotopic (exact) mass is 1220 g/mol. The molecule has 14 nitrogen and oxygen atoms in total. The summed E-state index contributed by atoms with van der Waals surface area (Å²) in [4.78, 5) is 49.5. The van der Waals surface area contributed by atoms with Crippen LogP contribution in [-0.4, -0.2) is 68.5 Å². The second-order valence-corrected chi connectivity index (χ2v) is 22.4. The Morgan fingerprint density at radius 3 is 1.27 bits per heavy atom. The molecule has 0 saturated heterocycles. The molecule has 0 radical (unpaired) electrons. The summed E-state index contributed by atoms with van der Waals surface area (Å²) in [7, 11) is 0. The van der Waals surface area contributed by atoms with Gasteiger partial charge in [-0.05, 0) is 133 Å². The lowest BCUT2D eigenvalue weighted by Gasteiger charge is -2.12. The van der Waals surface area contributed by atoms with Crippen molar-refractivity contribution in [2.45, 2.75) is 0 Å². The van der Waals surface area contributed by atoms with Gasteiger partial charge < -0.3 is 18.7 Å². The van der Waals surface area contributed by atoms with E-state index in [-0.39, 0.29) is 0 Å². The average Bonchev–Trinajstić information content (AvgIpc) is 1.60. The van der Waals surface area contributed by atoms with Crippen molar-refractivity contribution in [2.24, 2.45) is 0 Å². The zero-order valence-corrected chi connectivity index (χ0v) is 50.3. The Balaban J connectivity index is 0.000000122. The number of nitrogens with one attached hydrogen (secondary N) is 1. The van der Waals surface area contributed by atoms with Crippen LogP contribution in [-0.2, 0) is 0 Å². The van der Waals surface area contributed by atoms with E-state index in [0.717, 1.165) is 39.1 Å². The fourth-order valence-corrected chi connectivity index (χ4v) is 12.2. The molecule has 1 N–H and O–H groups in total. The van der Waals surface area contributed by atoms with E-state index in [1.54, 1.807) is 24.8 Å². The van der Waals surface area contributed by atoms with Gasteiger partial charge in [0.2, 0.25) is 0 Å². The molecule has 0 aliphatic rings. The second kappa shape index (κ2) is 24.4. The number of pyridine rings is 4. The summed E-state index contributed by atoms with van der Waals surface area (Å²) in [5.41, 5.74) is 14.8. The third-order valence-corrected chi connectivity index (χ3v) is 16.4. The largest absolute Gasteiger partial charge is 0.354 e. The van der Waals surface area contributed by atoms with Crippen LogP contribution in [0, 0.1) is 0 Å². The maximum Gasteiger partial charge on any atom is 0.182 e. The Kier molecular flexibility index (Phi) is 14.6. The Morgan fingerprint density at radius 1 is 0.290 bits per heavy atom. The molecule has 10 heterocycles. The minimum atomic E-state index is 0.492. The molecule has 0 atom stereocenters. The summed E-state index contributed by atoms with van der Waals surface area (Å²) < 4.78 is 6.84. The van der Waals surface area contributed by atoms with Crippen molar-refractivity contribution in [1.29, 1.82) is 0 Å². The van der Waals surface area contributed by atoms with Crippen molar-refractivity contribution in [3.63, 3.8) is 0 Å². The molecule has 0 spiro atoms. The molecule has 0 bridgehead atoms. The minimum Gasteiger partial charge on any atom is -0.354 e. The molecule has 0 aliphatic heterocycles. The minimum absolute atomic E-state index is 0.492. The van der Waals surface area contributed by atoms with E-state index in [4.69, 9.17) is 26.6 Å². The number of aromatic amines is 1. The van der Waals surface area contributed by atoms with Crippen molar-refractivity contribution in [3.8, 4) is 85.9 Å². The van der Waals surface area contributed by atoms with Crippen molar-refractivity contribution < 1.29 is 0 Å². The van der Waals surface area contributed by atoms with Gasteiger partial charge in [0.05, 0.1) is 27.6 Å². The maximum absolute atomic E-state index is 6.11. The smallest absolute Gasteiger partial charge is 0.182 e. The van der Waals surface area contributed by atoms with E-state index >= 15 is 0 Å². The molecule has 18 rings (SSSR count). The van der Waals surface area contributed by atoms with Crippen molar-refractivity contribution >= 4 is 77.0 Å². The second-order valence-electron chi connectivity index (χ2n) is 21.9. The highest BCUT2D eigenvalue weighted by atomic mass is 35.5. The van der Waals surface area contributed by atoms with Gasteiger partial charge in [-0.3, -0.25) is 19.9 Å². The topological polar surface area (TPSA) is 159 Å². The van der Waals surface area contributed by atoms with Crippen molar-refractivity contribution in [2.75, 3.05) is 0 Å². The van der Waals surface area contributed by atoms with E-state index in [9.17, 15) is 0 Å². The van der Waals surface area contributed by atoms with Gasteiger partial charge in [-0.15, -0.1) is 0 Å². The fourth-order valence-electron chi connectivity index (χ4n) is 12.0. The van der Waals surface area contributed by atoms with Gasteiger partial charge >= 0.3 is 0 Å². The van der Waals surface area contributed by atoms with Crippen LogP contribution in [0.15, 0.2) is 304 Å². The van der Waals surface area contributed by atoms with E-state index < -0.39 is 0 Å². The van der Waals surface area contributed by atoms with Crippen molar-refractivity contribution in [1.82, 2.24) is 68.5 Å². The van der Waals surface area contributed by atoms with Crippen LogP contribution in [0.5, 0.6) is 0 Å². The first-order valence-corrected chi connectivity index (χ1v) is 30.6. The quantitative estimate of drug-likeness (QED) is 0.147. The molecular formula is C78H51ClN14. The number of nitrogens with zero attached hydrogens (tertiary/aromatic N) is 13. The highest BCUT2D eigenvalue weighted by Crippen LogP contribution is 2.39. The van der Waals surface area contributed by atoms with Crippen LogP contribution < -0.4 is 0 Å². The summed E-state index contributed by atoms with van der Waals surface area (Å²) >= 11 is 6.11. The standard InChI is InChI=1S/C39H25N7.C20H14N2.C19H12ClN5/c1-2-12-27(13-3-1)45-24-21-31-34(45)20-19-30-29-15-4-5-18-35(29)46(36(30)31)28-14-10-11-26(25-28)37-42-38(32-16-6-8-22-40-32)44-39(43-37)33-17-7-9-23-41-33;1-2-6-14(7-3-1)22-13-12-17-19(22)11-10-16-15-8-4-5-9-18(15)21-20(16)17;20-14-7-5-6-13(12-14)17-23-18(15-8-1-3-10-21-15)25-19(24-17)16-9-2-4-11-22-16/h1-25H;1-13,21H;1-12H. The Hall–Kier alpha value is -12.7. The number of hydrogen-bond acceptors (Lipinski definition) is 10. The molecule has 18 aromatic rings. The van der Waals surface area contributed by atoms with E-state index in [1.807, 2.05) is 115 Å². The summed E-state index contributed by atoms with van der Waals surface area (Å²) in [6.07, 6.45) is 11.2. The lowest BCUT2D eigenvalue weighted by atomic mass is 10.1. The molecule has 440 valence electrons. The zero-order chi connectivity index (χ0) is 62.0. The number of fused-ring (bicyclic) bond motifs is 10. The van der Waals surface area contributed by atoms with Gasteiger partial charge in [-0.1, -0.05) is 145 Å². The fraction of sp³-hybridized carbons (Fsp3) is 0. The maximum atomic E-state index is 6.11. The third kappa shape index (κ3) is 10.8.